The van der Waals surface area contributed by atoms with Crippen LogP contribution in [0.3, 0.4) is 0 Å². The standard InChI is InChI=1S/C21H29NO4/c1-15(2)3-10-19(23)11-8-18-9-12-20(24)22(18)14-13-16-4-6-17(7-5-16)21(25)26/h4-8,11,15,18-19,23H,3,9-10,12-14H2,1-2H3,(H,25,26)/t18-,19-/m0/s1. The van der Waals surface area contributed by atoms with Gasteiger partial charge in [-0.15, -0.1) is 0 Å². The van der Waals surface area contributed by atoms with Crippen molar-refractivity contribution in [3.05, 3.63) is 47.5 Å². The van der Waals surface area contributed by atoms with Crippen LogP contribution in [0.15, 0.2) is 36.4 Å². The predicted molar refractivity (Wildman–Crippen MR) is 101 cm³/mol. The molecule has 5 heteroatoms. The summed E-state index contributed by atoms with van der Waals surface area (Å²) in [5.41, 5.74) is 1.27. The van der Waals surface area contributed by atoms with Crippen LogP contribution in [0.1, 0.15) is 55.5 Å². The van der Waals surface area contributed by atoms with Crippen LogP contribution in [0.25, 0.3) is 0 Å². The van der Waals surface area contributed by atoms with Crippen molar-refractivity contribution in [2.45, 2.75) is 58.1 Å². The highest BCUT2D eigenvalue weighted by Crippen LogP contribution is 2.21. The summed E-state index contributed by atoms with van der Waals surface area (Å²) in [6.07, 6.45) is 7.05. The van der Waals surface area contributed by atoms with Gasteiger partial charge in [0.2, 0.25) is 5.91 Å². The minimum atomic E-state index is -0.938. The molecule has 1 aliphatic rings. The zero-order chi connectivity index (χ0) is 19.1. The summed E-state index contributed by atoms with van der Waals surface area (Å²) >= 11 is 0. The number of aliphatic hydroxyl groups excluding tert-OH is 1. The molecule has 1 fully saturated rings. The number of hydrogen-bond donors (Lipinski definition) is 2. The number of aromatic carboxylic acids is 1. The number of aliphatic hydroxyl groups is 1. The van der Waals surface area contributed by atoms with Gasteiger partial charge < -0.3 is 15.1 Å². The van der Waals surface area contributed by atoms with Gasteiger partial charge in [-0.25, -0.2) is 4.79 Å². The van der Waals surface area contributed by atoms with Crippen molar-refractivity contribution in [3.63, 3.8) is 0 Å². The summed E-state index contributed by atoms with van der Waals surface area (Å²) in [6, 6.07) is 6.81. The number of rotatable bonds is 9. The number of hydrogen-bond acceptors (Lipinski definition) is 3. The maximum atomic E-state index is 12.2. The maximum Gasteiger partial charge on any atom is 0.335 e. The minimum Gasteiger partial charge on any atom is -0.478 e. The van der Waals surface area contributed by atoms with E-state index in [-0.39, 0.29) is 17.5 Å². The van der Waals surface area contributed by atoms with Gasteiger partial charge in [-0.05, 0) is 49.3 Å². The highest BCUT2D eigenvalue weighted by atomic mass is 16.4. The van der Waals surface area contributed by atoms with E-state index in [1.807, 2.05) is 17.1 Å². The normalized spacial score (nSPS) is 18.8. The molecule has 2 atom stereocenters. The molecule has 1 heterocycles. The smallest absolute Gasteiger partial charge is 0.335 e. The molecule has 0 bridgehead atoms. The molecule has 1 saturated heterocycles. The summed E-state index contributed by atoms with van der Waals surface area (Å²) in [5.74, 6) is -0.235. The third-order valence-corrected chi connectivity index (χ3v) is 4.81. The fraction of sp³-hybridized carbons (Fsp3) is 0.524. The van der Waals surface area contributed by atoms with Crippen molar-refractivity contribution < 1.29 is 19.8 Å². The molecule has 142 valence electrons. The Morgan fingerprint density at radius 2 is 1.96 bits per heavy atom. The number of amides is 1. The molecule has 0 radical (unpaired) electrons. The lowest BCUT2D eigenvalue weighted by Crippen LogP contribution is -2.33. The van der Waals surface area contributed by atoms with E-state index in [9.17, 15) is 14.7 Å². The Morgan fingerprint density at radius 1 is 1.27 bits per heavy atom. The number of nitrogens with zero attached hydrogens (tertiary/aromatic N) is 1. The first kappa shape index (κ1) is 20.2. The molecule has 2 N–H and O–H groups in total. The lowest BCUT2D eigenvalue weighted by molar-refractivity contribution is -0.128. The second-order valence-corrected chi connectivity index (χ2v) is 7.37. The van der Waals surface area contributed by atoms with Crippen LogP contribution < -0.4 is 0 Å². The van der Waals surface area contributed by atoms with Crippen molar-refractivity contribution in [2.24, 2.45) is 5.92 Å². The third-order valence-electron chi connectivity index (χ3n) is 4.81. The summed E-state index contributed by atoms with van der Waals surface area (Å²) in [4.78, 5) is 24.9. The molecule has 0 unspecified atom stereocenters. The third kappa shape index (κ3) is 5.99. The molecule has 1 amide bonds. The van der Waals surface area contributed by atoms with E-state index in [0.717, 1.165) is 24.8 Å². The van der Waals surface area contributed by atoms with Gasteiger partial charge in [0.05, 0.1) is 17.7 Å². The van der Waals surface area contributed by atoms with Crippen LogP contribution in [0.4, 0.5) is 0 Å². The molecular formula is C21H29NO4. The Balaban J connectivity index is 1.89. The molecule has 2 rings (SSSR count). The zero-order valence-corrected chi connectivity index (χ0v) is 15.6. The van der Waals surface area contributed by atoms with Crippen molar-refractivity contribution >= 4 is 11.9 Å². The topological polar surface area (TPSA) is 77.8 Å². The van der Waals surface area contributed by atoms with Crippen LogP contribution in [-0.4, -0.2) is 45.7 Å². The molecule has 1 aromatic rings. The van der Waals surface area contributed by atoms with Gasteiger partial charge in [0.1, 0.15) is 0 Å². The Bertz CT molecular complexity index is 636. The summed E-state index contributed by atoms with van der Waals surface area (Å²) in [7, 11) is 0. The van der Waals surface area contributed by atoms with E-state index in [2.05, 4.69) is 13.8 Å². The van der Waals surface area contributed by atoms with Crippen molar-refractivity contribution in [3.8, 4) is 0 Å². The van der Waals surface area contributed by atoms with Gasteiger partial charge >= 0.3 is 5.97 Å². The monoisotopic (exact) mass is 359 g/mol. The van der Waals surface area contributed by atoms with Gasteiger partial charge in [-0.3, -0.25) is 4.79 Å². The Kier molecular flexibility index (Phi) is 7.39. The first-order valence-corrected chi connectivity index (χ1v) is 9.35. The van der Waals surface area contributed by atoms with Gasteiger partial charge in [-0.1, -0.05) is 38.1 Å². The predicted octanol–water partition coefficient (Wildman–Crippen LogP) is 3.27. The number of carboxylic acids is 1. The average Bonchev–Trinajstić information content (AvgIpc) is 2.96. The van der Waals surface area contributed by atoms with Gasteiger partial charge in [0.15, 0.2) is 0 Å². The van der Waals surface area contributed by atoms with Gasteiger partial charge in [0, 0.05) is 13.0 Å². The average molecular weight is 359 g/mol. The Morgan fingerprint density at radius 3 is 2.58 bits per heavy atom. The zero-order valence-electron chi connectivity index (χ0n) is 15.6. The molecule has 0 saturated carbocycles. The summed E-state index contributed by atoms with van der Waals surface area (Å²) < 4.78 is 0. The highest BCUT2D eigenvalue weighted by Gasteiger charge is 2.28. The van der Waals surface area contributed by atoms with Crippen LogP contribution in [0, 0.1) is 5.92 Å². The first-order chi connectivity index (χ1) is 12.4. The maximum absolute atomic E-state index is 12.2. The van der Waals surface area contributed by atoms with Crippen molar-refractivity contribution in [2.75, 3.05) is 6.54 Å². The molecule has 1 aliphatic heterocycles. The van der Waals surface area contributed by atoms with Crippen molar-refractivity contribution in [1.29, 1.82) is 0 Å². The Hall–Kier alpha value is -2.14. The van der Waals surface area contributed by atoms with Crippen LogP contribution in [0.2, 0.25) is 0 Å². The Labute approximate surface area is 155 Å². The molecule has 0 aliphatic carbocycles. The van der Waals surface area contributed by atoms with E-state index in [1.165, 1.54) is 0 Å². The van der Waals surface area contributed by atoms with E-state index < -0.39 is 12.1 Å². The van der Waals surface area contributed by atoms with Crippen LogP contribution in [0.5, 0.6) is 0 Å². The number of carbonyl (C=O) groups excluding carboxylic acids is 1. The number of carboxylic acid groups (broad SMARTS) is 1. The van der Waals surface area contributed by atoms with Gasteiger partial charge in [0.25, 0.3) is 0 Å². The molecule has 26 heavy (non-hydrogen) atoms. The largest absolute Gasteiger partial charge is 0.478 e. The van der Waals surface area contributed by atoms with Crippen molar-refractivity contribution in [1.82, 2.24) is 4.90 Å². The number of carbonyl (C=O) groups is 2. The second kappa shape index (κ2) is 9.53. The van der Waals surface area contributed by atoms with Gasteiger partial charge in [-0.2, -0.15) is 0 Å². The van der Waals surface area contributed by atoms with E-state index in [1.54, 1.807) is 24.3 Å². The minimum absolute atomic E-state index is 0.0366. The summed E-state index contributed by atoms with van der Waals surface area (Å²) in [5, 5.41) is 19.0. The summed E-state index contributed by atoms with van der Waals surface area (Å²) in [6.45, 7) is 4.87. The quantitative estimate of drug-likeness (QED) is 0.663. The second-order valence-electron chi connectivity index (χ2n) is 7.37. The van der Waals surface area contributed by atoms with Crippen LogP contribution >= 0.6 is 0 Å². The molecule has 0 aromatic heterocycles. The fourth-order valence-corrected chi connectivity index (χ4v) is 3.17. The molecule has 5 nitrogen and oxygen atoms in total. The molecule has 0 spiro atoms. The lowest BCUT2D eigenvalue weighted by Gasteiger charge is -2.23. The van der Waals surface area contributed by atoms with E-state index in [0.29, 0.717) is 25.3 Å². The molecule has 1 aromatic carbocycles. The highest BCUT2D eigenvalue weighted by molar-refractivity contribution is 5.87. The number of benzene rings is 1. The first-order valence-electron chi connectivity index (χ1n) is 9.35. The van der Waals surface area contributed by atoms with E-state index in [4.69, 9.17) is 5.11 Å². The fourth-order valence-electron chi connectivity index (χ4n) is 3.17. The molecular weight excluding hydrogens is 330 g/mol. The lowest BCUT2D eigenvalue weighted by atomic mass is 10.0. The number of likely N-dealkylation sites (tertiary alicyclic amines) is 1. The SMILES string of the molecule is CC(C)CC[C@H](O)C=C[C@H]1CCC(=O)N1CCc1ccc(C(=O)O)cc1. The van der Waals surface area contributed by atoms with Crippen LogP contribution in [-0.2, 0) is 11.2 Å². The van der Waals surface area contributed by atoms with E-state index >= 15 is 0 Å².